The van der Waals surface area contributed by atoms with Crippen LogP contribution in [0.15, 0.2) is 48.6 Å². The van der Waals surface area contributed by atoms with Gasteiger partial charge in [0.05, 0.1) is 0 Å². The molecule has 54 valence electrons. The van der Waals surface area contributed by atoms with E-state index in [1.165, 1.54) is 5.57 Å². The molecule has 0 unspecified atom stereocenters. The van der Waals surface area contributed by atoms with Crippen LogP contribution in [0.1, 0.15) is 13.8 Å². The summed E-state index contributed by atoms with van der Waals surface area (Å²) in [5, 5.41) is 0. The molecule has 0 rings (SSSR count). The molecule has 0 fully saturated rings. The Morgan fingerprint density at radius 3 is 2.30 bits per heavy atom. The molecule has 0 saturated heterocycles. The minimum absolute atomic E-state index is 1.21. The largest absolute Gasteiger partial charge is 0.0991 e. The summed E-state index contributed by atoms with van der Waals surface area (Å²) < 4.78 is 0. The van der Waals surface area contributed by atoms with E-state index >= 15 is 0 Å². The third-order valence-electron chi connectivity index (χ3n) is 1.12. The van der Waals surface area contributed by atoms with Gasteiger partial charge in [0.1, 0.15) is 0 Å². The summed E-state index contributed by atoms with van der Waals surface area (Å²) >= 11 is 0. The van der Waals surface area contributed by atoms with Gasteiger partial charge in [-0.15, -0.1) is 0 Å². The predicted octanol–water partition coefficient (Wildman–Crippen LogP) is 3.25. The minimum atomic E-state index is 1.21. The Kier molecular flexibility index (Phi) is 5.45. The molecule has 0 atom stereocenters. The van der Waals surface area contributed by atoms with Crippen molar-refractivity contribution in [2.24, 2.45) is 0 Å². The second-order valence-electron chi connectivity index (χ2n) is 1.88. The van der Waals surface area contributed by atoms with Crippen molar-refractivity contribution in [2.75, 3.05) is 0 Å². The fourth-order valence-electron chi connectivity index (χ4n) is 0.620. The topological polar surface area (TPSA) is 0 Å². The van der Waals surface area contributed by atoms with Crippen molar-refractivity contribution in [3.63, 3.8) is 0 Å². The fourth-order valence-corrected chi connectivity index (χ4v) is 0.620. The molecule has 0 bridgehead atoms. The SMILES string of the molecule is C=C\C=C/C(/C=C\C)=C\C. The van der Waals surface area contributed by atoms with E-state index in [0.717, 1.165) is 0 Å². The second kappa shape index (κ2) is 6.09. The molecule has 0 nitrogen and oxygen atoms in total. The Bertz CT molecular complexity index is 168. The molecule has 0 aliphatic rings. The minimum Gasteiger partial charge on any atom is -0.0991 e. The molecular formula is C10H14. The molecule has 0 aromatic heterocycles. The Hall–Kier alpha value is -1.04. The fraction of sp³-hybridized carbons (Fsp3) is 0.200. The summed E-state index contributed by atoms with van der Waals surface area (Å²) in [5.41, 5.74) is 1.21. The number of allylic oxidation sites excluding steroid dienone is 7. The zero-order valence-corrected chi connectivity index (χ0v) is 6.67. The summed E-state index contributed by atoms with van der Waals surface area (Å²) in [4.78, 5) is 0. The van der Waals surface area contributed by atoms with Crippen molar-refractivity contribution in [1.29, 1.82) is 0 Å². The lowest BCUT2D eigenvalue weighted by Crippen LogP contribution is -1.66. The van der Waals surface area contributed by atoms with Gasteiger partial charge in [0.2, 0.25) is 0 Å². The van der Waals surface area contributed by atoms with Gasteiger partial charge in [-0.1, -0.05) is 43.0 Å². The number of hydrogen-bond donors (Lipinski definition) is 0. The maximum absolute atomic E-state index is 3.59. The quantitative estimate of drug-likeness (QED) is 0.520. The van der Waals surface area contributed by atoms with E-state index < -0.39 is 0 Å². The molecule has 0 saturated carbocycles. The van der Waals surface area contributed by atoms with Crippen molar-refractivity contribution >= 4 is 0 Å². The molecular weight excluding hydrogens is 120 g/mol. The highest BCUT2D eigenvalue weighted by Gasteiger charge is 1.77. The first kappa shape index (κ1) is 8.96. The van der Waals surface area contributed by atoms with Gasteiger partial charge in [-0.2, -0.15) is 0 Å². The lowest BCUT2D eigenvalue weighted by Gasteiger charge is -1.87. The third kappa shape index (κ3) is 3.90. The Morgan fingerprint density at radius 1 is 1.20 bits per heavy atom. The van der Waals surface area contributed by atoms with Crippen LogP contribution in [0.25, 0.3) is 0 Å². The van der Waals surface area contributed by atoms with Crippen LogP contribution in [0.2, 0.25) is 0 Å². The maximum atomic E-state index is 3.59. The maximum Gasteiger partial charge on any atom is -0.0303 e. The van der Waals surface area contributed by atoms with Crippen LogP contribution < -0.4 is 0 Å². The molecule has 0 aromatic carbocycles. The zero-order valence-electron chi connectivity index (χ0n) is 6.67. The summed E-state index contributed by atoms with van der Waals surface area (Å²) in [7, 11) is 0. The first-order chi connectivity index (χ1) is 4.85. The van der Waals surface area contributed by atoms with Crippen molar-refractivity contribution in [2.45, 2.75) is 13.8 Å². The van der Waals surface area contributed by atoms with Gasteiger partial charge in [0.25, 0.3) is 0 Å². The van der Waals surface area contributed by atoms with Gasteiger partial charge in [-0.25, -0.2) is 0 Å². The lowest BCUT2D eigenvalue weighted by atomic mass is 10.2. The van der Waals surface area contributed by atoms with Crippen LogP contribution in [0.4, 0.5) is 0 Å². The van der Waals surface area contributed by atoms with Crippen molar-refractivity contribution in [1.82, 2.24) is 0 Å². The summed E-state index contributed by atoms with van der Waals surface area (Å²) in [6.07, 6.45) is 11.8. The highest BCUT2D eigenvalue weighted by molar-refractivity contribution is 5.31. The molecule has 10 heavy (non-hydrogen) atoms. The van der Waals surface area contributed by atoms with Gasteiger partial charge < -0.3 is 0 Å². The Labute approximate surface area is 63.3 Å². The van der Waals surface area contributed by atoms with E-state index in [1.807, 2.05) is 32.1 Å². The van der Waals surface area contributed by atoms with Gasteiger partial charge >= 0.3 is 0 Å². The van der Waals surface area contributed by atoms with E-state index in [2.05, 4.69) is 18.7 Å². The number of rotatable bonds is 3. The van der Waals surface area contributed by atoms with E-state index in [0.29, 0.717) is 0 Å². The van der Waals surface area contributed by atoms with Gasteiger partial charge in [-0.05, 0) is 19.4 Å². The highest BCUT2D eigenvalue weighted by Crippen LogP contribution is 1.98. The molecule has 0 radical (unpaired) electrons. The average Bonchev–Trinajstić information content (AvgIpc) is 1.98. The van der Waals surface area contributed by atoms with Crippen LogP contribution in [-0.2, 0) is 0 Å². The van der Waals surface area contributed by atoms with E-state index in [9.17, 15) is 0 Å². The second-order valence-corrected chi connectivity index (χ2v) is 1.88. The summed E-state index contributed by atoms with van der Waals surface area (Å²) in [6.45, 7) is 7.61. The van der Waals surface area contributed by atoms with E-state index in [-0.39, 0.29) is 0 Å². The number of hydrogen-bond acceptors (Lipinski definition) is 0. The molecule has 0 N–H and O–H groups in total. The van der Waals surface area contributed by atoms with Gasteiger partial charge in [0.15, 0.2) is 0 Å². The summed E-state index contributed by atoms with van der Waals surface area (Å²) in [5.74, 6) is 0. The first-order valence-corrected chi connectivity index (χ1v) is 3.43. The van der Waals surface area contributed by atoms with Gasteiger partial charge in [0, 0.05) is 0 Å². The van der Waals surface area contributed by atoms with Crippen molar-refractivity contribution < 1.29 is 0 Å². The molecule has 0 aliphatic carbocycles. The smallest absolute Gasteiger partial charge is 0.0303 e. The van der Waals surface area contributed by atoms with Crippen LogP contribution in [0.3, 0.4) is 0 Å². The molecule has 0 heteroatoms. The van der Waals surface area contributed by atoms with Crippen LogP contribution in [0.5, 0.6) is 0 Å². The standard InChI is InChI=1S/C10H14/c1-4-7-9-10(6-3)8-5-2/h4-9H,1H2,2-3H3/b8-5-,9-7-,10-6-. The molecule has 0 aromatic rings. The summed E-state index contributed by atoms with van der Waals surface area (Å²) in [6, 6.07) is 0. The normalized spacial score (nSPS) is 13.2. The highest BCUT2D eigenvalue weighted by atomic mass is 13.8. The average molecular weight is 134 g/mol. The lowest BCUT2D eigenvalue weighted by molar-refractivity contribution is 1.57. The van der Waals surface area contributed by atoms with Crippen LogP contribution >= 0.6 is 0 Å². The van der Waals surface area contributed by atoms with Crippen LogP contribution in [-0.4, -0.2) is 0 Å². The first-order valence-electron chi connectivity index (χ1n) is 3.43. The van der Waals surface area contributed by atoms with E-state index in [4.69, 9.17) is 0 Å². The third-order valence-corrected chi connectivity index (χ3v) is 1.12. The monoisotopic (exact) mass is 134 g/mol. The Balaban J connectivity index is 4.10. The zero-order chi connectivity index (χ0) is 7.82. The van der Waals surface area contributed by atoms with Crippen LogP contribution in [0, 0.1) is 0 Å². The molecule has 0 heterocycles. The molecule has 0 aliphatic heterocycles. The van der Waals surface area contributed by atoms with Crippen molar-refractivity contribution in [3.8, 4) is 0 Å². The molecule has 0 amide bonds. The predicted molar refractivity (Wildman–Crippen MR) is 47.9 cm³/mol. The van der Waals surface area contributed by atoms with Crippen molar-refractivity contribution in [3.05, 3.63) is 48.6 Å². The van der Waals surface area contributed by atoms with Gasteiger partial charge in [-0.3, -0.25) is 0 Å². The Morgan fingerprint density at radius 2 is 1.90 bits per heavy atom. The molecule has 0 spiro atoms. The van der Waals surface area contributed by atoms with E-state index in [1.54, 1.807) is 6.08 Å².